The Morgan fingerprint density at radius 1 is 1.28 bits per heavy atom. The number of amides is 1. The van der Waals surface area contributed by atoms with E-state index in [4.69, 9.17) is 14.5 Å². The van der Waals surface area contributed by atoms with Gasteiger partial charge in [-0.3, -0.25) is 4.98 Å². The molecule has 3 aliphatic rings. The standard InChI is InChI=1S/C24H35N3O5/c1-24(14-25-15-24)32-23(30)27-21(22(28)29)10-11-31-19-12-16(13-19)6-8-18-9-7-17-4-2-3-5-20(17)26-18/h7,9,16,19,21,25H,2-6,8,10-15H2,1H3,(H,27,30)(H,28,29). The summed E-state index contributed by atoms with van der Waals surface area (Å²) in [6, 6.07) is 3.43. The average molecular weight is 446 g/mol. The van der Waals surface area contributed by atoms with Crippen molar-refractivity contribution >= 4 is 12.1 Å². The molecule has 8 nitrogen and oxygen atoms in total. The lowest BCUT2D eigenvalue weighted by molar-refractivity contribution is -0.140. The van der Waals surface area contributed by atoms with Crippen LogP contribution in [-0.4, -0.2) is 59.6 Å². The normalized spacial score (nSPS) is 24.4. The highest BCUT2D eigenvalue weighted by molar-refractivity contribution is 5.80. The van der Waals surface area contributed by atoms with Crippen molar-refractivity contribution < 1.29 is 24.2 Å². The van der Waals surface area contributed by atoms with E-state index < -0.39 is 23.7 Å². The third-order valence-electron chi connectivity index (χ3n) is 6.92. The number of carboxylic acids is 1. The third kappa shape index (κ3) is 5.98. The fourth-order valence-electron chi connectivity index (χ4n) is 4.72. The van der Waals surface area contributed by atoms with Crippen molar-refractivity contribution in [3.05, 3.63) is 29.1 Å². The first kappa shape index (κ1) is 23.0. The topological polar surface area (TPSA) is 110 Å². The van der Waals surface area contributed by atoms with Crippen LogP contribution in [-0.2, 0) is 33.5 Å². The molecule has 1 unspecified atom stereocenters. The lowest BCUT2D eigenvalue weighted by atomic mass is 9.79. The predicted molar refractivity (Wildman–Crippen MR) is 119 cm³/mol. The number of hydrogen-bond acceptors (Lipinski definition) is 6. The van der Waals surface area contributed by atoms with E-state index in [0.29, 0.717) is 25.6 Å². The van der Waals surface area contributed by atoms with Gasteiger partial charge in [0.2, 0.25) is 0 Å². The van der Waals surface area contributed by atoms with Gasteiger partial charge in [0.05, 0.1) is 6.10 Å². The zero-order valence-electron chi connectivity index (χ0n) is 18.9. The Morgan fingerprint density at radius 2 is 2.06 bits per heavy atom. The molecule has 8 heteroatoms. The van der Waals surface area contributed by atoms with E-state index in [1.165, 1.54) is 36.2 Å². The summed E-state index contributed by atoms with van der Waals surface area (Å²) in [5, 5.41) is 14.9. The van der Waals surface area contributed by atoms with Gasteiger partial charge in [-0.15, -0.1) is 0 Å². The molecular formula is C24H35N3O5. The van der Waals surface area contributed by atoms with Gasteiger partial charge in [0.15, 0.2) is 0 Å². The molecule has 1 aliphatic heterocycles. The molecule has 1 amide bonds. The number of ether oxygens (including phenoxy) is 2. The van der Waals surface area contributed by atoms with E-state index in [9.17, 15) is 14.7 Å². The number of nitrogens with zero attached hydrogens (tertiary/aromatic N) is 1. The summed E-state index contributed by atoms with van der Waals surface area (Å²) in [6.07, 6.45) is 8.65. The van der Waals surface area contributed by atoms with Crippen LogP contribution in [0, 0.1) is 5.92 Å². The van der Waals surface area contributed by atoms with Crippen molar-refractivity contribution in [1.29, 1.82) is 0 Å². The molecule has 176 valence electrons. The predicted octanol–water partition coefficient (Wildman–Crippen LogP) is 2.62. The quantitative estimate of drug-likeness (QED) is 0.508. The van der Waals surface area contributed by atoms with E-state index in [1.807, 2.05) is 6.92 Å². The van der Waals surface area contributed by atoms with Crippen molar-refractivity contribution in [2.45, 2.75) is 82.5 Å². The highest BCUT2D eigenvalue weighted by Gasteiger charge is 2.36. The first-order valence-electron chi connectivity index (χ1n) is 11.9. The molecule has 3 N–H and O–H groups in total. The van der Waals surface area contributed by atoms with E-state index in [-0.39, 0.29) is 12.5 Å². The smallest absolute Gasteiger partial charge is 0.408 e. The number of carboxylic acid groups (broad SMARTS) is 1. The molecule has 2 heterocycles. The molecule has 2 aliphatic carbocycles. The number of rotatable bonds is 10. The summed E-state index contributed by atoms with van der Waals surface area (Å²) in [7, 11) is 0. The molecule has 4 rings (SSSR count). The highest BCUT2D eigenvalue weighted by atomic mass is 16.6. The molecule has 2 fully saturated rings. The third-order valence-corrected chi connectivity index (χ3v) is 6.92. The molecular weight excluding hydrogens is 410 g/mol. The largest absolute Gasteiger partial charge is 0.480 e. The van der Waals surface area contributed by atoms with E-state index in [1.54, 1.807) is 0 Å². The van der Waals surface area contributed by atoms with Crippen LogP contribution in [0.1, 0.15) is 62.4 Å². The molecule has 0 radical (unpaired) electrons. The molecule has 0 spiro atoms. The van der Waals surface area contributed by atoms with Gasteiger partial charge < -0.3 is 25.2 Å². The Balaban J connectivity index is 1.11. The Bertz CT molecular complexity index is 820. The lowest BCUT2D eigenvalue weighted by Crippen LogP contribution is -2.61. The number of aromatic nitrogens is 1. The van der Waals surface area contributed by atoms with E-state index in [0.717, 1.165) is 32.1 Å². The Labute approximate surface area is 189 Å². The summed E-state index contributed by atoms with van der Waals surface area (Å²) < 4.78 is 11.1. The number of nitrogens with one attached hydrogen (secondary N) is 2. The highest BCUT2D eigenvalue weighted by Crippen LogP contribution is 2.34. The van der Waals surface area contributed by atoms with Crippen molar-refractivity contribution in [3.63, 3.8) is 0 Å². The lowest BCUT2D eigenvalue weighted by Gasteiger charge is -2.38. The zero-order valence-corrected chi connectivity index (χ0v) is 18.9. The summed E-state index contributed by atoms with van der Waals surface area (Å²) >= 11 is 0. The second kappa shape index (κ2) is 10.2. The number of carbonyl (C=O) groups excluding carboxylic acids is 1. The van der Waals surface area contributed by atoms with E-state index in [2.05, 4.69) is 22.8 Å². The fourth-order valence-corrected chi connectivity index (χ4v) is 4.72. The molecule has 1 saturated carbocycles. The second-order valence-corrected chi connectivity index (χ2v) is 9.75. The maximum Gasteiger partial charge on any atom is 0.408 e. The zero-order chi connectivity index (χ0) is 22.6. The van der Waals surface area contributed by atoms with Crippen molar-refractivity contribution in [2.24, 2.45) is 5.92 Å². The van der Waals surface area contributed by atoms with Crippen LogP contribution < -0.4 is 10.6 Å². The minimum atomic E-state index is -1.08. The van der Waals surface area contributed by atoms with Crippen LogP contribution in [0.15, 0.2) is 12.1 Å². The molecule has 1 saturated heterocycles. The summed E-state index contributed by atoms with van der Waals surface area (Å²) in [6.45, 7) is 3.27. The summed E-state index contributed by atoms with van der Waals surface area (Å²) in [5.41, 5.74) is 3.37. The number of fused-ring (bicyclic) bond motifs is 1. The van der Waals surface area contributed by atoms with Gasteiger partial charge in [-0.25, -0.2) is 9.59 Å². The minimum Gasteiger partial charge on any atom is -0.480 e. The minimum absolute atomic E-state index is 0.179. The number of carbonyl (C=O) groups is 2. The van der Waals surface area contributed by atoms with Gasteiger partial charge in [0.25, 0.3) is 0 Å². The summed E-state index contributed by atoms with van der Waals surface area (Å²) in [4.78, 5) is 28.3. The average Bonchev–Trinajstić information content (AvgIpc) is 2.72. The monoisotopic (exact) mass is 445 g/mol. The first-order valence-corrected chi connectivity index (χ1v) is 11.9. The van der Waals surface area contributed by atoms with Crippen molar-refractivity contribution in [2.75, 3.05) is 19.7 Å². The van der Waals surface area contributed by atoms with E-state index >= 15 is 0 Å². The van der Waals surface area contributed by atoms with Crippen LogP contribution in [0.2, 0.25) is 0 Å². The van der Waals surface area contributed by atoms with Crippen LogP contribution in [0.25, 0.3) is 0 Å². The number of aryl methyl sites for hydroxylation is 3. The number of alkyl carbamates (subject to hydrolysis) is 1. The van der Waals surface area contributed by atoms with Gasteiger partial charge >= 0.3 is 12.1 Å². The van der Waals surface area contributed by atoms with Gasteiger partial charge in [-0.1, -0.05) is 6.07 Å². The number of hydrogen-bond donors (Lipinski definition) is 3. The Kier molecular flexibility index (Phi) is 7.30. The maximum absolute atomic E-state index is 12.0. The van der Waals surface area contributed by atoms with Gasteiger partial charge in [0.1, 0.15) is 11.6 Å². The number of pyridine rings is 1. The molecule has 1 aromatic rings. The van der Waals surface area contributed by atoms with Crippen LogP contribution in [0.4, 0.5) is 4.79 Å². The second-order valence-electron chi connectivity index (χ2n) is 9.75. The number of aliphatic carboxylic acids is 1. The van der Waals surface area contributed by atoms with Crippen molar-refractivity contribution in [3.8, 4) is 0 Å². The molecule has 32 heavy (non-hydrogen) atoms. The van der Waals surface area contributed by atoms with Crippen molar-refractivity contribution in [1.82, 2.24) is 15.6 Å². The summed E-state index contributed by atoms with van der Waals surface area (Å²) in [5.74, 6) is -0.440. The van der Waals surface area contributed by atoms with Gasteiger partial charge in [-0.2, -0.15) is 0 Å². The fraction of sp³-hybridized carbons (Fsp3) is 0.708. The molecule has 0 bridgehead atoms. The molecule has 1 aromatic heterocycles. The van der Waals surface area contributed by atoms with Crippen LogP contribution >= 0.6 is 0 Å². The van der Waals surface area contributed by atoms with Gasteiger partial charge in [0, 0.05) is 37.5 Å². The Morgan fingerprint density at radius 3 is 2.78 bits per heavy atom. The molecule has 1 atom stereocenters. The SMILES string of the molecule is CC1(OC(=O)NC(CCOC2CC(CCc3ccc4c(n3)CCCC4)C2)C(=O)O)CNC1. The first-order chi connectivity index (χ1) is 15.4. The molecule has 0 aromatic carbocycles. The van der Waals surface area contributed by atoms with Gasteiger partial charge in [-0.05, 0) is 75.8 Å². The Hall–Kier alpha value is -2.19. The van der Waals surface area contributed by atoms with Crippen LogP contribution in [0.3, 0.4) is 0 Å². The maximum atomic E-state index is 12.0. The van der Waals surface area contributed by atoms with Crippen LogP contribution in [0.5, 0.6) is 0 Å².